The molecule has 0 aliphatic rings. The highest BCUT2D eigenvalue weighted by molar-refractivity contribution is 5.94. The molecule has 1 rings (SSSR count). The van der Waals surface area contributed by atoms with Crippen LogP contribution in [0.2, 0.25) is 0 Å². The van der Waals surface area contributed by atoms with E-state index < -0.39 is 12.6 Å². The Morgan fingerprint density at radius 2 is 2.06 bits per heavy atom. The molecule has 2 N–H and O–H groups in total. The lowest BCUT2D eigenvalue weighted by Gasteiger charge is -2.10. The molecule has 18 heavy (non-hydrogen) atoms. The zero-order valence-electron chi connectivity index (χ0n) is 10.2. The van der Waals surface area contributed by atoms with E-state index in [-0.39, 0.29) is 11.7 Å². The van der Waals surface area contributed by atoms with Crippen LogP contribution in [0.4, 0.5) is 0 Å². The first kappa shape index (κ1) is 13.8. The number of aliphatic carboxylic acids is 1. The minimum absolute atomic E-state index is 0.222. The Hall–Kier alpha value is -2.24. The Kier molecular flexibility index (Phi) is 4.98. The van der Waals surface area contributed by atoms with Gasteiger partial charge in [0.15, 0.2) is 18.1 Å². The van der Waals surface area contributed by atoms with E-state index in [1.807, 2.05) is 6.92 Å². The van der Waals surface area contributed by atoms with Crippen molar-refractivity contribution in [1.29, 1.82) is 0 Å². The first-order chi connectivity index (χ1) is 8.58. The number of rotatable bonds is 6. The molecular weight excluding hydrogens is 238 g/mol. The highest BCUT2D eigenvalue weighted by atomic mass is 16.5. The van der Waals surface area contributed by atoms with Crippen molar-refractivity contribution in [3.8, 4) is 11.5 Å². The Balaban J connectivity index is 2.89. The SMILES string of the molecule is CCNC(=O)c1ccc(OCC(=O)O)c(OC)c1. The summed E-state index contributed by atoms with van der Waals surface area (Å²) in [6, 6.07) is 4.55. The Labute approximate surface area is 105 Å². The summed E-state index contributed by atoms with van der Waals surface area (Å²) >= 11 is 0. The van der Waals surface area contributed by atoms with Gasteiger partial charge in [0.25, 0.3) is 5.91 Å². The normalized spacial score (nSPS) is 9.67. The van der Waals surface area contributed by atoms with Crippen LogP contribution in [0.1, 0.15) is 17.3 Å². The van der Waals surface area contributed by atoms with Gasteiger partial charge in [0.1, 0.15) is 0 Å². The van der Waals surface area contributed by atoms with Crippen LogP contribution in [0.15, 0.2) is 18.2 Å². The molecule has 0 unspecified atom stereocenters. The quantitative estimate of drug-likeness (QED) is 0.787. The number of hydrogen-bond acceptors (Lipinski definition) is 4. The number of nitrogens with one attached hydrogen (secondary N) is 1. The van der Waals surface area contributed by atoms with Crippen molar-refractivity contribution in [2.75, 3.05) is 20.3 Å². The van der Waals surface area contributed by atoms with Gasteiger partial charge in [0.2, 0.25) is 0 Å². The Morgan fingerprint density at radius 1 is 1.33 bits per heavy atom. The summed E-state index contributed by atoms with van der Waals surface area (Å²) in [6.07, 6.45) is 0. The third-order valence-corrected chi connectivity index (χ3v) is 2.11. The van der Waals surface area contributed by atoms with Gasteiger partial charge in [-0.3, -0.25) is 4.79 Å². The van der Waals surface area contributed by atoms with Gasteiger partial charge in [-0.15, -0.1) is 0 Å². The molecular formula is C12H15NO5. The fraction of sp³-hybridized carbons (Fsp3) is 0.333. The van der Waals surface area contributed by atoms with E-state index in [0.717, 1.165) is 0 Å². The van der Waals surface area contributed by atoms with Crippen molar-refractivity contribution < 1.29 is 24.2 Å². The second-order valence-corrected chi connectivity index (χ2v) is 3.41. The number of carboxylic acids is 1. The highest BCUT2D eigenvalue weighted by Crippen LogP contribution is 2.27. The fourth-order valence-electron chi connectivity index (χ4n) is 1.33. The monoisotopic (exact) mass is 253 g/mol. The highest BCUT2D eigenvalue weighted by Gasteiger charge is 2.11. The number of carboxylic acid groups (broad SMARTS) is 1. The van der Waals surface area contributed by atoms with Crippen LogP contribution < -0.4 is 14.8 Å². The van der Waals surface area contributed by atoms with Crippen molar-refractivity contribution in [2.24, 2.45) is 0 Å². The van der Waals surface area contributed by atoms with Crippen LogP contribution in [0.25, 0.3) is 0 Å². The lowest BCUT2D eigenvalue weighted by molar-refractivity contribution is -0.139. The molecule has 0 saturated heterocycles. The van der Waals surface area contributed by atoms with Crippen molar-refractivity contribution >= 4 is 11.9 Å². The minimum Gasteiger partial charge on any atom is -0.493 e. The lowest BCUT2D eigenvalue weighted by Crippen LogP contribution is -2.22. The van der Waals surface area contributed by atoms with E-state index in [9.17, 15) is 9.59 Å². The van der Waals surface area contributed by atoms with Gasteiger partial charge in [-0.1, -0.05) is 0 Å². The third-order valence-electron chi connectivity index (χ3n) is 2.11. The smallest absolute Gasteiger partial charge is 0.341 e. The fourth-order valence-corrected chi connectivity index (χ4v) is 1.33. The molecule has 1 amide bonds. The van der Waals surface area contributed by atoms with Gasteiger partial charge < -0.3 is 19.9 Å². The molecule has 98 valence electrons. The molecule has 0 aromatic heterocycles. The van der Waals surface area contributed by atoms with Crippen molar-refractivity contribution in [3.63, 3.8) is 0 Å². The predicted octanol–water partition coefficient (Wildman–Crippen LogP) is 0.908. The predicted molar refractivity (Wildman–Crippen MR) is 64.1 cm³/mol. The maximum absolute atomic E-state index is 11.6. The van der Waals surface area contributed by atoms with Crippen LogP contribution in [0, 0.1) is 0 Å². The van der Waals surface area contributed by atoms with E-state index >= 15 is 0 Å². The molecule has 0 spiro atoms. The summed E-state index contributed by atoms with van der Waals surface area (Å²) in [7, 11) is 1.42. The summed E-state index contributed by atoms with van der Waals surface area (Å²) in [5.41, 5.74) is 0.427. The van der Waals surface area contributed by atoms with Crippen molar-refractivity contribution in [3.05, 3.63) is 23.8 Å². The second-order valence-electron chi connectivity index (χ2n) is 3.41. The number of carbonyl (C=O) groups excluding carboxylic acids is 1. The zero-order valence-corrected chi connectivity index (χ0v) is 10.2. The second kappa shape index (κ2) is 6.48. The van der Waals surface area contributed by atoms with Crippen LogP contribution in [0.5, 0.6) is 11.5 Å². The summed E-state index contributed by atoms with van der Waals surface area (Å²) in [5.74, 6) is -0.696. The molecule has 0 radical (unpaired) electrons. The lowest BCUT2D eigenvalue weighted by atomic mass is 10.2. The number of amides is 1. The van der Waals surface area contributed by atoms with Crippen LogP contribution in [0.3, 0.4) is 0 Å². The summed E-state index contributed by atoms with van der Waals surface area (Å²) in [4.78, 5) is 22.0. The van der Waals surface area contributed by atoms with Gasteiger partial charge in [-0.2, -0.15) is 0 Å². The molecule has 6 heteroatoms. The molecule has 6 nitrogen and oxygen atoms in total. The molecule has 1 aromatic carbocycles. The first-order valence-corrected chi connectivity index (χ1v) is 5.39. The van der Waals surface area contributed by atoms with Gasteiger partial charge in [-0.25, -0.2) is 4.79 Å². The van der Waals surface area contributed by atoms with Gasteiger partial charge >= 0.3 is 5.97 Å². The zero-order chi connectivity index (χ0) is 13.5. The Morgan fingerprint density at radius 3 is 2.61 bits per heavy atom. The molecule has 0 saturated carbocycles. The van der Waals surface area contributed by atoms with E-state index in [0.29, 0.717) is 17.9 Å². The van der Waals surface area contributed by atoms with Crippen LogP contribution in [-0.2, 0) is 4.79 Å². The number of methoxy groups -OCH3 is 1. The summed E-state index contributed by atoms with van der Waals surface area (Å²) < 4.78 is 10.1. The first-order valence-electron chi connectivity index (χ1n) is 5.39. The van der Waals surface area contributed by atoms with Crippen LogP contribution in [-0.4, -0.2) is 37.2 Å². The molecule has 0 atom stereocenters. The number of ether oxygens (including phenoxy) is 2. The molecule has 1 aromatic rings. The van der Waals surface area contributed by atoms with Gasteiger partial charge in [0.05, 0.1) is 7.11 Å². The average molecular weight is 253 g/mol. The largest absolute Gasteiger partial charge is 0.493 e. The molecule has 0 fully saturated rings. The van der Waals surface area contributed by atoms with Gasteiger partial charge in [0, 0.05) is 12.1 Å². The number of carbonyl (C=O) groups is 2. The van der Waals surface area contributed by atoms with E-state index in [4.69, 9.17) is 14.6 Å². The summed E-state index contributed by atoms with van der Waals surface area (Å²) in [6.45, 7) is 1.88. The maximum Gasteiger partial charge on any atom is 0.341 e. The minimum atomic E-state index is -1.08. The maximum atomic E-state index is 11.6. The number of hydrogen-bond donors (Lipinski definition) is 2. The average Bonchev–Trinajstić information content (AvgIpc) is 2.36. The third kappa shape index (κ3) is 3.65. The van der Waals surface area contributed by atoms with E-state index in [1.54, 1.807) is 6.07 Å². The standard InChI is InChI=1S/C12H15NO5/c1-3-13-12(16)8-4-5-9(10(6-8)17-2)18-7-11(14)15/h4-6H,3,7H2,1-2H3,(H,13,16)(H,14,15). The molecule has 0 bridgehead atoms. The number of benzene rings is 1. The molecule has 0 aliphatic carbocycles. The topological polar surface area (TPSA) is 84.9 Å². The van der Waals surface area contributed by atoms with Crippen LogP contribution >= 0.6 is 0 Å². The summed E-state index contributed by atoms with van der Waals surface area (Å²) in [5, 5.41) is 11.2. The van der Waals surface area contributed by atoms with Crippen molar-refractivity contribution in [1.82, 2.24) is 5.32 Å². The molecule has 0 heterocycles. The van der Waals surface area contributed by atoms with Gasteiger partial charge in [-0.05, 0) is 25.1 Å². The molecule has 0 aliphatic heterocycles. The van der Waals surface area contributed by atoms with Crippen molar-refractivity contribution in [2.45, 2.75) is 6.92 Å². The van der Waals surface area contributed by atoms with E-state index in [2.05, 4.69) is 5.32 Å². The van der Waals surface area contributed by atoms with E-state index in [1.165, 1.54) is 19.2 Å². The Bertz CT molecular complexity index is 444.